The maximum absolute atomic E-state index is 12.2. The lowest BCUT2D eigenvalue weighted by atomic mass is 9.98. The van der Waals surface area contributed by atoms with E-state index in [1.165, 1.54) is 15.6 Å². The number of piperidine rings is 1. The van der Waals surface area contributed by atoms with Crippen LogP contribution in [-0.4, -0.2) is 39.4 Å². The van der Waals surface area contributed by atoms with E-state index in [1.54, 1.807) is 24.6 Å². The Morgan fingerprint density at radius 1 is 1.47 bits per heavy atom. The number of thiophene rings is 1. The highest BCUT2D eigenvalue weighted by molar-refractivity contribution is 7.91. The topological polar surface area (TPSA) is 49.4 Å². The van der Waals surface area contributed by atoms with Crippen LogP contribution in [0, 0.1) is 5.92 Å². The first-order valence-corrected chi connectivity index (χ1v) is 8.13. The molecule has 0 atom stereocenters. The molecule has 1 aromatic rings. The average Bonchev–Trinajstić information content (AvgIpc) is 2.84. The molecular weight excluding hydrogens is 256 g/mol. The molecule has 1 fully saturated rings. The summed E-state index contributed by atoms with van der Waals surface area (Å²) in [7, 11) is -1.59. The number of sulfonamides is 1. The monoisotopic (exact) mass is 274 g/mol. The molecule has 0 bridgehead atoms. The van der Waals surface area contributed by atoms with Crippen molar-refractivity contribution in [2.24, 2.45) is 5.92 Å². The van der Waals surface area contributed by atoms with Crippen molar-refractivity contribution in [1.82, 2.24) is 9.62 Å². The van der Waals surface area contributed by atoms with E-state index in [1.807, 2.05) is 0 Å². The van der Waals surface area contributed by atoms with Gasteiger partial charge in [0.05, 0.1) is 0 Å². The molecule has 1 aliphatic rings. The first kappa shape index (κ1) is 13.0. The Kier molecular flexibility index (Phi) is 4.19. The zero-order chi connectivity index (χ0) is 12.3. The summed E-state index contributed by atoms with van der Waals surface area (Å²) < 4.78 is 26.3. The van der Waals surface area contributed by atoms with E-state index in [0.717, 1.165) is 25.9 Å². The van der Waals surface area contributed by atoms with Crippen molar-refractivity contribution in [2.45, 2.75) is 17.1 Å². The maximum atomic E-state index is 12.2. The van der Waals surface area contributed by atoms with Crippen LogP contribution in [0.3, 0.4) is 0 Å². The molecule has 96 valence electrons. The number of rotatable bonds is 4. The van der Waals surface area contributed by atoms with Crippen LogP contribution in [0.2, 0.25) is 0 Å². The molecule has 4 nitrogen and oxygen atoms in total. The van der Waals surface area contributed by atoms with Crippen molar-refractivity contribution in [3.05, 3.63) is 17.5 Å². The lowest BCUT2D eigenvalue weighted by Gasteiger charge is -2.26. The first-order valence-electron chi connectivity index (χ1n) is 5.81. The average molecular weight is 274 g/mol. The van der Waals surface area contributed by atoms with E-state index < -0.39 is 10.0 Å². The van der Waals surface area contributed by atoms with Crippen LogP contribution in [0.4, 0.5) is 0 Å². The first-order chi connectivity index (χ1) is 8.10. The molecule has 0 saturated carbocycles. The van der Waals surface area contributed by atoms with Crippen molar-refractivity contribution < 1.29 is 8.42 Å². The fraction of sp³-hybridized carbons (Fsp3) is 0.636. The van der Waals surface area contributed by atoms with Gasteiger partial charge in [-0.15, -0.1) is 11.3 Å². The van der Waals surface area contributed by atoms with E-state index >= 15 is 0 Å². The van der Waals surface area contributed by atoms with Crippen molar-refractivity contribution >= 4 is 21.4 Å². The van der Waals surface area contributed by atoms with Gasteiger partial charge in [0, 0.05) is 13.6 Å². The summed E-state index contributed by atoms with van der Waals surface area (Å²) in [5, 5.41) is 5.09. The highest BCUT2D eigenvalue weighted by atomic mass is 32.2. The molecule has 2 rings (SSSR count). The fourth-order valence-electron chi connectivity index (χ4n) is 2.09. The summed E-state index contributed by atoms with van der Waals surface area (Å²) in [5.41, 5.74) is 0. The second kappa shape index (κ2) is 5.48. The maximum Gasteiger partial charge on any atom is 0.252 e. The SMILES string of the molecule is CN(CC1CCNCC1)S(=O)(=O)c1cccs1. The van der Waals surface area contributed by atoms with Gasteiger partial charge in [-0.25, -0.2) is 8.42 Å². The number of hydrogen-bond donors (Lipinski definition) is 1. The van der Waals surface area contributed by atoms with Crippen molar-refractivity contribution in [1.29, 1.82) is 0 Å². The molecule has 17 heavy (non-hydrogen) atoms. The van der Waals surface area contributed by atoms with Gasteiger partial charge in [-0.2, -0.15) is 4.31 Å². The predicted octanol–water partition coefficient (Wildman–Crippen LogP) is 1.37. The Bertz CT molecular complexity index is 436. The van der Waals surface area contributed by atoms with Crippen molar-refractivity contribution in [2.75, 3.05) is 26.7 Å². The Morgan fingerprint density at radius 2 is 2.18 bits per heavy atom. The van der Waals surface area contributed by atoms with Gasteiger partial charge in [0.1, 0.15) is 4.21 Å². The molecule has 1 saturated heterocycles. The summed E-state index contributed by atoms with van der Waals surface area (Å²) in [5.74, 6) is 0.482. The third kappa shape index (κ3) is 3.07. The predicted molar refractivity (Wildman–Crippen MR) is 69.7 cm³/mol. The van der Waals surface area contributed by atoms with Gasteiger partial charge >= 0.3 is 0 Å². The number of hydrogen-bond acceptors (Lipinski definition) is 4. The Morgan fingerprint density at radius 3 is 2.76 bits per heavy atom. The smallest absolute Gasteiger partial charge is 0.252 e. The lowest BCUT2D eigenvalue weighted by molar-refractivity contribution is 0.311. The highest BCUT2D eigenvalue weighted by Gasteiger charge is 2.25. The number of nitrogens with zero attached hydrogens (tertiary/aromatic N) is 1. The Labute approximate surface area is 107 Å². The Balaban J connectivity index is 2.01. The third-order valence-corrected chi connectivity index (χ3v) is 6.33. The molecule has 0 aromatic carbocycles. The minimum absolute atomic E-state index is 0.439. The molecule has 0 spiro atoms. The molecule has 1 N–H and O–H groups in total. The molecule has 1 aliphatic heterocycles. The minimum atomic E-state index is -3.26. The van der Waals surface area contributed by atoms with Gasteiger partial charge in [0.15, 0.2) is 0 Å². The molecule has 0 radical (unpaired) electrons. The molecule has 0 amide bonds. The van der Waals surface area contributed by atoms with Crippen LogP contribution in [0.25, 0.3) is 0 Å². The third-order valence-electron chi connectivity index (χ3n) is 3.13. The van der Waals surface area contributed by atoms with E-state index in [9.17, 15) is 8.42 Å². The van der Waals surface area contributed by atoms with E-state index in [-0.39, 0.29) is 0 Å². The standard InChI is InChI=1S/C11H18N2O2S2/c1-13(9-10-4-6-12-7-5-10)17(14,15)11-3-2-8-16-11/h2-3,8,10,12H,4-7,9H2,1H3. The second-order valence-corrected chi connectivity index (χ2v) is 7.63. The zero-order valence-electron chi connectivity index (χ0n) is 9.93. The van der Waals surface area contributed by atoms with Crippen LogP contribution in [-0.2, 0) is 10.0 Å². The van der Waals surface area contributed by atoms with Gasteiger partial charge in [0.2, 0.25) is 0 Å². The fourth-order valence-corrected chi connectivity index (χ4v) is 4.54. The van der Waals surface area contributed by atoms with Gasteiger partial charge in [-0.05, 0) is 43.3 Å². The highest BCUT2D eigenvalue weighted by Crippen LogP contribution is 2.22. The lowest BCUT2D eigenvalue weighted by Crippen LogP contribution is -2.37. The molecule has 0 unspecified atom stereocenters. The van der Waals surface area contributed by atoms with E-state index in [4.69, 9.17) is 0 Å². The van der Waals surface area contributed by atoms with Crippen molar-refractivity contribution in [3.63, 3.8) is 0 Å². The summed E-state index contributed by atoms with van der Waals surface area (Å²) in [6, 6.07) is 3.44. The summed E-state index contributed by atoms with van der Waals surface area (Å²) >= 11 is 1.28. The summed E-state index contributed by atoms with van der Waals surface area (Å²) in [6.45, 7) is 2.62. The summed E-state index contributed by atoms with van der Waals surface area (Å²) in [6.07, 6.45) is 2.12. The molecular formula is C11H18N2O2S2. The molecule has 0 aliphatic carbocycles. The van der Waals surface area contributed by atoms with Crippen LogP contribution in [0.1, 0.15) is 12.8 Å². The van der Waals surface area contributed by atoms with Crippen LogP contribution >= 0.6 is 11.3 Å². The molecule has 1 aromatic heterocycles. The van der Waals surface area contributed by atoms with Gasteiger partial charge < -0.3 is 5.32 Å². The van der Waals surface area contributed by atoms with Crippen molar-refractivity contribution in [3.8, 4) is 0 Å². The molecule has 6 heteroatoms. The molecule has 2 heterocycles. The van der Waals surface area contributed by atoms with Gasteiger partial charge in [-0.3, -0.25) is 0 Å². The quantitative estimate of drug-likeness (QED) is 0.902. The Hall–Kier alpha value is -0.430. The summed E-state index contributed by atoms with van der Waals surface area (Å²) in [4.78, 5) is 0. The van der Waals surface area contributed by atoms with Gasteiger partial charge in [-0.1, -0.05) is 6.07 Å². The largest absolute Gasteiger partial charge is 0.317 e. The zero-order valence-corrected chi connectivity index (χ0v) is 11.6. The normalized spacial score (nSPS) is 18.7. The van der Waals surface area contributed by atoms with Crippen LogP contribution in [0.5, 0.6) is 0 Å². The van der Waals surface area contributed by atoms with Crippen LogP contribution < -0.4 is 5.32 Å². The van der Waals surface area contributed by atoms with Crippen LogP contribution in [0.15, 0.2) is 21.7 Å². The minimum Gasteiger partial charge on any atom is -0.317 e. The van der Waals surface area contributed by atoms with E-state index in [0.29, 0.717) is 16.7 Å². The second-order valence-electron chi connectivity index (χ2n) is 4.41. The van der Waals surface area contributed by atoms with E-state index in [2.05, 4.69) is 5.32 Å². The number of nitrogens with one attached hydrogen (secondary N) is 1. The van der Waals surface area contributed by atoms with Gasteiger partial charge in [0.25, 0.3) is 10.0 Å².